The number of rotatable bonds is 8. The Bertz CT molecular complexity index is 1120. The number of phenolic OH excluding ortho intramolecular Hbond substituents is 3. The maximum Gasteiger partial charge on any atom is 0.174 e. The summed E-state index contributed by atoms with van der Waals surface area (Å²) in [6, 6.07) is 6.07. The number of aliphatic hydroxyl groups is 1. The molecular formula is C27H32O7. The van der Waals surface area contributed by atoms with Gasteiger partial charge in [-0.15, -0.1) is 0 Å². The molecule has 7 heteroatoms. The maximum absolute atomic E-state index is 12.9. The summed E-state index contributed by atoms with van der Waals surface area (Å²) in [6.07, 6.45) is 6.60. The lowest BCUT2D eigenvalue weighted by molar-refractivity contribution is 0.0844. The largest absolute Gasteiger partial charge is 0.507 e. The van der Waals surface area contributed by atoms with Gasteiger partial charge in [-0.2, -0.15) is 0 Å². The molecule has 0 fully saturated rings. The van der Waals surface area contributed by atoms with Crippen LogP contribution in [0.2, 0.25) is 0 Å². The topological polar surface area (TPSA) is 116 Å². The number of hydrogen-bond donors (Lipinski definition) is 4. The standard InChI is InChI=1S/C27H32O7/c1-16(8-6-12-27(2,3)32)7-5-9-18-20(29)14-24-25(26(18)31)21(30)15-22(34-24)17-10-11-19(28)23(13-17)33-4/h6-7,10-14,22,28-29,31-32H,5,8-9,15H2,1-4H3. The van der Waals surface area contributed by atoms with Gasteiger partial charge in [0.15, 0.2) is 17.3 Å². The number of Topliss-reactive ketones (excluding diaryl/α,β-unsaturated/α-hetero) is 1. The summed E-state index contributed by atoms with van der Waals surface area (Å²) in [6.45, 7) is 5.38. The van der Waals surface area contributed by atoms with Gasteiger partial charge in [0.25, 0.3) is 0 Å². The Hall–Kier alpha value is -3.45. The van der Waals surface area contributed by atoms with Crippen LogP contribution in [0, 0.1) is 0 Å². The number of carbonyl (C=O) groups excluding carboxylic acids is 1. The highest BCUT2D eigenvalue weighted by molar-refractivity contribution is 6.03. The first-order valence-electron chi connectivity index (χ1n) is 11.2. The number of carbonyl (C=O) groups is 1. The Morgan fingerprint density at radius 2 is 1.94 bits per heavy atom. The number of phenols is 3. The number of allylic oxidation sites excluding steroid dienone is 3. The monoisotopic (exact) mass is 468 g/mol. The van der Waals surface area contributed by atoms with E-state index in [1.54, 1.807) is 32.1 Å². The minimum Gasteiger partial charge on any atom is -0.507 e. The van der Waals surface area contributed by atoms with Crippen LogP contribution in [0.25, 0.3) is 0 Å². The number of methoxy groups -OCH3 is 1. The van der Waals surface area contributed by atoms with Gasteiger partial charge < -0.3 is 29.9 Å². The number of benzene rings is 2. The molecule has 7 nitrogen and oxygen atoms in total. The fourth-order valence-corrected chi connectivity index (χ4v) is 3.91. The van der Waals surface area contributed by atoms with Crippen molar-refractivity contribution in [2.24, 2.45) is 0 Å². The third kappa shape index (κ3) is 5.91. The summed E-state index contributed by atoms with van der Waals surface area (Å²) in [5, 5.41) is 40.9. The van der Waals surface area contributed by atoms with Crippen LogP contribution in [0.1, 0.15) is 67.6 Å². The summed E-state index contributed by atoms with van der Waals surface area (Å²) >= 11 is 0. The lowest BCUT2D eigenvalue weighted by Gasteiger charge is -2.27. The molecule has 0 radical (unpaired) electrons. The second-order valence-electron chi connectivity index (χ2n) is 9.11. The van der Waals surface area contributed by atoms with Crippen LogP contribution >= 0.6 is 0 Å². The van der Waals surface area contributed by atoms with E-state index < -0.39 is 11.7 Å². The predicted molar refractivity (Wildman–Crippen MR) is 129 cm³/mol. The predicted octanol–water partition coefficient (Wildman–Crippen LogP) is 5.11. The van der Waals surface area contributed by atoms with E-state index >= 15 is 0 Å². The molecule has 1 heterocycles. The van der Waals surface area contributed by atoms with E-state index in [0.29, 0.717) is 30.4 Å². The van der Waals surface area contributed by atoms with Crippen LogP contribution in [0.15, 0.2) is 48.1 Å². The first-order valence-corrected chi connectivity index (χ1v) is 11.2. The molecule has 1 unspecified atom stereocenters. The van der Waals surface area contributed by atoms with Gasteiger partial charge in [-0.05, 0) is 57.7 Å². The van der Waals surface area contributed by atoms with Gasteiger partial charge in [-0.3, -0.25) is 4.79 Å². The molecule has 0 bridgehead atoms. The third-order valence-corrected chi connectivity index (χ3v) is 5.69. The normalized spacial score (nSPS) is 16.4. The Kier molecular flexibility index (Phi) is 7.57. The summed E-state index contributed by atoms with van der Waals surface area (Å²) < 4.78 is 11.1. The summed E-state index contributed by atoms with van der Waals surface area (Å²) in [5.41, 5.74) is 1.24. The second-order valence-corrected chi connectivity index (χ2v) is 9.11. The van der Waals surface area contributed by atoms with Crippen LogP contribution in [0.4, 0.5) is 0 Å². The molecule has 0 saturated carbocycles. The molecular weight excluding hydrogens is 436 g/mol. The van der Waals surface area contributed by atoms with Crippen molar-refractivity contribution in [2.75, 3.05) is 7.11 Å². The van der Waals surface area contributed by atoms with Crippen LogP contribution in [-0.2, 0) is 6.42 Å². The van der Waals surface area contributed by atoms with Gasteiger partial charge in [0.2, 0.25) is 0 Å². The number of ketones is 1. The minimum atomic E-state index is -0.858. The summed E-state index contributed by atoms with van der Waals surface area (Å²) in [5.74, 6) is -0.322. The lowest BCUT2D eigenvalue weighted by atomic mass is 9.92. The average Bonchev–Trinajstić information content (AvgIpc) is 2.74. The highest BCUT2D eigenvalue weighted by atomic mass is 16.5. The molecule has 0 amide bonds. The highest BCUT2D eigenvalue weighted by Gasteiger charge is 2.33. The first-order chi connectivity index (χ1) is 16.0. The third-order valence-electron chi connectivity index (χ3n) is 5.69. The first kappa shape index (κ1) is 25.2. The summed E-state index contributed by atoms with van der Waals surface area (Å²) in [4.78, 5) is 12.9. The Morgan fingerprint density at radius 1 is 1.21 bits per heavy atom. The van der Waals surface area contributed by atoms with Gasteiger partial charge >= 0.3 is 0 Å². The minimum absolute atomic E-state index is 0.00521. The van der Waals surface area contributed by atoms with E-state index in [4.69, 9.17) is 9.47 Å². The number of aromatic hydroxyl groups is 3. The van der Waals surface area contributed by atoms with E-state index in [-0.39, 0.29) is 46.5 Å². The van der Waals surface area contributed by atoms with Gasteiger partial charge in [0, 0.05) is 11.6 Å². The quantitative estimate of drug-likeness (QED) is 0.398. The van der Waals surface area contributed by atoms with Crippen molar-refractivity contribution < 1.29 is 34.7 Å². The van der Waals surface area contributed by atoms with E-state index in [1.165, 1.54) is 19.2 Å². The van der Waals surface area contributed by atoms with Crippen LogP contribution in [0.3, 0.4) is 0 Å². The molecule has 1 aliphatic heterocycles. The fraction of sp³-hybridized carbons (Fsp3) is 0.370. The van der Waals surface area contributed by atoms with Crippen LogP contribution in [0.5, 0.6) is 28.7 Å². The molecule has 2 aromatic rings. The Labute approximate surface area is 199 Å². The van der Waals surface area contributed by atoms with Gasteiger partial charge in [-0.25, -0.2) is 0 Å². The lowest BCUT2D eigenvalue weighted by Crippen LogP contribution is -2.21. The zero-order chi connectivity index (χ0) is 25.0. The average molecular weight is 469 g/mol. The SMILES string of the molecule is COc1cc(C2CC(=O)c3c(cc(O)c(CCC=C(C)CC=CC(C)(C)O)c3O)O2)ccc1O. The smallest absolute Gasteiger partial charge is 0.174 e. The highest BCUT2D eigenvalue weighted by Crippen LogP contribution is 2.45. The molecule has 4 N–H and O–H groups in total. The molecule has 34 heavy (non-hydrogen) atoms. The maximum atomic E-state index is 12.9. The second kappa shape index (κ2) is 10.2. The number of hydrogen-bond acceptors (Lipinski definition) is 7. The number of fused-ring (bicyclic) bond motifs is 1. The van der Waals surface area contributed by atoms with Crippen molar-refractivity contribution in [2.45, 2.75) is 58.2 Å². The van der Waals surface area contributed by atoms with Gasteiger partial charge in [0.1, 0.15) is 28.9 Å². The number of ether oxygens (including phenoxy) is 2. The van der Waals surface area contributed by atoms with Crippen molar-refractivity contribution in [3.8, 4) is 28.7 Å². The molecule has 0 saturated heterocycles. The van der Waals surface area contributed by atoms with Crippen molar-refractivity contribution in [3.63, 3.8) is 0 Å². The molecule has 0 aliphatic carbocycles. The van der Waals surface area contributed by atoms with E-state index in [9.17, 15) is 25.2 Å². The van der Waals surface area contributed by atoms with Crippen molar-refractivity contribution in [3.05, 3.63) is 64.8 Å². The molecule has 1 atom stereocenters. The zero-order valence-electron chi connectivity index (χ0n) is 20.0. The summed E-state index contributed by atoms with van der Waals surface area (Å²) in [7, 11) is 1.43. The Balaban J connectivity index is 1.76. The molecule has 3 rings (SSSR count). The van der Waals surface area contributed by atoms with Gasteiger partial charge in [-0.1, -0.05) is 29.9 Å². The molecule has 2 aromatic carbocycles. The van der Waals surface area contributed by atoms with Crippen molar-refractivity contribution in [1.82, 2.24) is 0 Å². The van der Waals surface area contributed by atoms with E-state index in [0.717, 1.165) is 5.57 Å². The molecule has 0 aromatic heterocycles. The van der Waals surface area contributed by atoms with Crippen LogP contribution in [-0.4, -0.2) is 38.9 Å². The zero-order valence-corrected chi connectivity index (χ0v) is 20.0. The van der Waals surface area contributed by atoms with E-state index in [1.807, 2.05) is 19.1 Å². The van der Waals surface area contributed by atoms with Gasteiger partial charge in [0.05, 0.1) is 19.1 Å². The molecule has 0 spiro atoms. The van der Waals surface area contributed by atoms with Crippen LogP contribution < -0.4 is 9.47 Å². The van der Waals surface area contributed by atoms with Crippen molar-refractivity contribution >= 4 is 5.78 Å². The molecule has 1 aliphatic rings. The van der Waals surface area contributed by atoms with E-state index in [2.05, 4.69) is 0 Å². The Morgan fingerprint density at radius 3 is 2.62 bits per heavy atom. The fourth-order valence-electron chi connectivity index (χ4n) is 3.91. The van der Waals surface area contributed by atoms with Crippen molar-refractivity contribution in [1.29, 1.82) is 0 Å². The molecule has 182 valence electrons.